The second-order valence-electron chi connectivity index (χ2n) is 8.39. The van der Waals surface area contributed by atoms with Gasteiger partial charge < -0.3 is 19.9 Å². The summed E-state index contributed by atoms with van der Waals surface area (Å²) < 4.78 is 5.31. The first kappa shape index (κ1) is 25.7. The zero-order valence-corrected chi connectivity index (χ0v) is 21.2. The number of urea groups is 1. The molecule has 1 aliphatic heterocycles. The van der Waals surface area contributed by atoms with Gasteiger partial charge in [-0.2, -0.15) is 0 Å². The zero-order chi connectivity index (χ0) is 25.2. The number of hydrogen-bond acceptors (Lipinski definition) is 6. The highest BCUT2D eigenvalue weighted by molar-refractivity contribution is 6.42. The van der Waals surface area contributed by atoms with Gasteiger partial charge in [0, 0.05) is 31.4 Å². The van der Waals surface area contributed by atoms with Crippen molar-refractivity contribution >= 4 is 46.8 Å². The first-order valence-corrected chi connectivity index (χ1v) is 11.6. The standard InChI is InChI=1S/C23H27Cl2N5O4/c1-12(2)34-22(32)19-14(4)26-15(5)27-20(19)21(31)29-8-9-30(13(3)11-29)23(33)28-16-6-7-17(24)18(25)10-16/h6-7,10,12-13H,8-9,11H2,1-5H3,(H,28,33). The molecule has 2 heterocycles. The Hall–Kier alpha value is -2.91. The van der Waals surface area contributed by atoms with Crippen LogP contribution in [0.5, 0.6) is 0 Å². The van der Waals surface area contributed by atoms with Crippen molar-refractivity contribution < 1.29 is 19.1 Å². The molecule has 11 heteroatoms. The van der Waals surface area contributed by atoms with Gasteiger partial charge in [0.2, 0.25) is 0 Å². The Morgan fingerprint density at radius 2 is 1.82 bits per heavy atom. The monoisotopic (exact) mass is 507 g/mol. The van der Waals surface area contributed by atoms with E-state index in [1.807, 2.05) is 6.92 Å². The smallest absolute Gasteiger partial charge is 0.342 e. The molecule has 1 unspecified atom stereocenters. The quantitative estimate of drug-likeness (QED) is 0.616. The largest absolute Gasteiger partial charge is 0.459 e. The second kappa shape index (κ2) is 10.6. The van der Waals surface area contributed by atoms with Crippen LogP contribution in [0.3, 0.4) is 0 Å². The summed E-state index contributed by atoms with van der Waals surface area (Å²) in [5.41, 5.74) is 0.979. The van der Waals surface area contributed by atoms with Crippen LogP contribution in [0.4, 0.5) is 10.5 Å². The summed E-state index contributed by atoms with van der Waals surface area (Å²) in [4.78, 5) is 50.6. The summed E-state index contributed by atoms with van der Waals surface area (Å²) in [6.45, 7) is 9.47. The number of nitrogens with zero attached hydrogens (tertiary/aromatic N) is 4. The molecule has 1 fully saturated rings. The lowest BCUT2D eigenvalue weighted by molar-refractivity contribution is 0.0367. The van der Waals surface area contributed by atoms with Gasteiger partial charge in [0.05, 0.1) is 21.8 Å². The maximum Gasteiger partial charge on any atom is 0.342 e. The Balaban J connectivity index is 1.75. The molecule has 0 spiro atoms. The van der Waals surface area contributed by atoms with Crippen LogP contribution in [0.1, 0.15) is 53.1 Å². The molecule has 1 aromatic carbocycles. The molecular weight excluding hydrogens is 481 g/mol. The predicted octanol–water partition coefficient (Wildman–Crippen LogP) is 4.34. The van der Waals surface area contributed by atoms with Crippen molar-refractivity contribution in [2.75, 3.05) is 25.0 Å². The second-order valence-corrected chi connectivity index (χ2v) is 9.20. The number of carbonyl (C=O) groups excluding carboxylic acids is 3. The number of nitrogens with one attached hydrogen (secondary N) is 1. The normalized spacial score (nSPS) is 15.9. The molecule has 0 bridgehead atoms. The average Bonchev–Trinajstić information content (AvgIpc) is 2.74. The minimum absolute atomic E-state index is 0.0107. The number of esters is 1. The number of rotatable bonds is 4. The van der Waals surface area contributed by atoms with Gasteiger partial charge in [0.1, 0.15) is 17.1 Å². The van der Waals surface area contributed by atoms with Crippen molar-refractivity contribution in [1.29, 1.82) is 0 Å². The maximum absolute atomic E-state index is 13.4. The van der Waals surface area contributed by atoms with Gasteiger partial charge in [-0.1, -0.05) is 23.2 Å². The molecule has 3 rings (SSSR count). The number of ether oxygens (including phenoxy) is 1. The molecule has 0 saturated carbocycles. The van der Waals surface area contributed by atoms with E-state index in [0.717, 1.165) is 0 Å². The molecule has 1 atom stereocenters. The number of hydrogen-bond donors (Lipinski definition) is 1. The Bertz CT molecular complexity index is 1120. The van der Waals surface area contributed by atoms with E-state index in [-0.39, 0.29) is 42.5 Å². The molecule has 9 nitrogen and oxygen atoms in total. The van der Waals surface area contributed by atoms with Crippen LogP contribution in [0.25, 0.3) is 0 Å². The van der Waals surface area contributed by atoms with Crippen molar-refractivity contribution in [2.45, 2.75) is 46.8 Å². The number of aryl methyl sites for hydroxylation is 2. The summed E-state index contributed by atoms with van der Waals surface area (Å²) >= 11 is 12.0. The van der Waals surface area contributed by atoms with E-state index in [2.05, 4.69) is 15.3 Å². The van der Waals surface area contributed by atoms with Crippen molar-refractivity contribution in [3.8, 4) is 0 Å². The van der Waals surface area contributed by atoms with Crippen LogP contribution >= 0.6 is 23.2 Å². The van der Waals surface area contributed by atoms with Gasteiger partial charge in [-0.05, 0) is 52.8 Å². The van der Waals surface area contributed by atoms with Crippen LogP contribution in [-0.4, -0.2) is 69.5 Å². The molecule has 2 aromatic rings. The number of aromatic nitrogens is 2. The minimum atomic E-state index is -0.636. The van der Waals surface area contributed by atoms with Gasteiger partial charge in [-0.25, -0.2) is 19.6 Å². The fourth-order valence-electron chi connectivity index (χ4n) is 3.75. The summed E-state index contributed by atoms with van der Waals surface area (Å²) in [6.07, 6.45) is -0.353. The third kappa shape index (κ3) is 5.77. The summed E-state index contributed by atoms with van der Waals surface area (Å²) in [7, 11) is 0. The molecule has 1 aromatic heterocycles. The van der Waals surface area contributed by atoms with Crippen molar-refractivity contribution in [2.24, 2.45) is 0 Å². The molecule has 0 radical (unpaired) electrons. The number of anilines is 1. The van der Waals surface area contributed by atoms with Crippen molar-refractivity contribution in [1.82, 2.24) is 19.8 Å². The number of piperazine rings is 1. The first-order chi connectivity index (χ1) is 16.0. The summed E-state index contributed by atoms with van der Waals surface area (Å²) in [6, 6.07) is 4.24. The minimum Gasteiger partial charge on any atom is -0.459 e. The lowest BCUT2D eigenvalue weighted by atomic mass is 10.1. The van der Waals surface area contributed by atoms with E-state index in [4.69, 9.17) is 27.9 Å². The van der Waals surface area contributed by atoms with Crippen LogP contribution in [-0.2, 0) is 4.74 Å². The van der Waals surface area contributed by atoms with Crippen molar-refractivity contribution in [3.05, 3.63) is 51.0 Å². The van der Waals surface area contributed by atoms with Gasteiger partial charge >= 0.3 is 12.0 Å². The molecular formula is C23H27Cl2N5O4. The Labute approximate surface area is 208 Å². The molecule has 0 aliphatic carbocycles. The highest BCUT2D eigenvalue weighted by Crippen LogP contribution is 2.26. The van der Waals surface area contributed by atoms with Crippen LogP contribution in [0.2, 0.25) is 10.0 Å². The highest BCUT2D eigenvalue weighted by Gasteiger charge is 2.34. The van der Waals surface area contributed by atoms with E-state index >= 15 is 0 Å². The molecule has 3 amide bonds. The lowest BCUT2D eigenvalue weighted by Crippen LogP contribution is -2.56. The number of halogens is 2. The number of carbonyl (C=O) groups is 3. The predicted molar refractivity (Wildman–Crippen MR) is 130 cm³/mol. The Morgan fingerprint density at radius 3 is 2.44 bits per heavy atom. The fourth-order valence-corrected chi connectivity index (χ4v) is 4.05. The number of amides is 3. The average molecular weight is 508 g/mol. The summed E-state index contributed by atoms with van der Waals surface area (Å²) in [5.74, 6) is -0.654. The van der Waals surface area contributed by atoms with Crippen LogP contribution < -0.4 is 5.32 Å². The molecule has 1 aliphatic rings. The van der Waals surface area contributed by atoms with Gasteiger partial charge in [-0.3, -0.25) is 4.79 Å². The third-order valence-electron chi connectivity index (χ3n) is 5.30. The van der Waals surface area contributed by atoms with Gasteiger partial charge in [-0.15, -0.1) is 0 Å². The first-order valence-electron chi connectivity index (χ1n) is 10.9. The topological polar surface area (TPSA) is 105 Å². The van der Waals surface area contributed by atoms with Crippen LogP contribution in [0.15, 0.2) is 18.2 Å². The summed E-state index contributed by atoms with van der Waals surface area (Å²) in [5, 5.41) is 3.54. The Morgan fingerprint density at radius 1 is 1.12 bits per heavy atom. The number of benzene rings is 1. The van der Waals surface area contributed by atoms with E-state index in [1.165, 1.54) is 0 Å². The van der Waals surface area contributed by atoms with E-state index in [9.17, 15) is 14.4 Å². The van der Waals surface area contributed by atoms with Gasteiger partial charge in [0.15, 0.2) is 0 Å². The van der Waals surface area contributed by atoms with Crippen LogP contribution in [0, 0.1) is 13.8 Å². The molecule has 182 valence electrons. The Kier molecular flexibility index (Phi) is 7.99. The highest BCUT2D eigenvalue weighted by atomic mass is 35.5. The molecule has 34 heavy (non-hydrogen) atoms. The lowest BCUT2D eigenvalue weighted by Gasteiger charge is -2.39. The van der Waals surface area contributed by atoms with Crippen molar-refractivity contribution in [3.63, 3.8) is 0 Å². The maximum atomic E-state index is 13.4. The van der Waals surface area contributed by atoms with Gasteiger partial charge in [0.25, 0.3) is 5.91 Å². The fraction of sp³-hybridized carbons (Fsp3) is 0.435. The zero-order valence-electron chi connectivity index (χ0n) is 19.7. The molecule has 1 N–H and O–H groups in total. The van der Waals surface area contributed by atoms with E-state index in [1.54, 1.807) is 55.7 Å². The third-order valence-corrected chi connectivity index (χ3v) is 6.04. The SMILES string of the molecule is Cc1nc(C)c(C(=O)OC(C)C)c(C(=O)N2CCN(C(=O)Nc3ccc(Cl)c(Cl)c3)C(C)C2)n1. The van der Waals surface area contributed by atoms with E-state index in [0.29, 0.717) is 33.8 Å². The van der Waals surface area contributed by atoms with E-state index < -0.39 is 11.9 Å². The molecule has 1 saturated heterocycles.